The second kappa shape index (κ2) is 7.07. The highest BCUT2D eigenvalue weighted by atomic mass is 35.5. The highest BCUT2D eigenvalue weighted by Crippen LogP contribution is 2.23. The smallest absolute Gasteiger partial charge is 0.250 e. The minimum Gasteiger partial charge on any atom is -0.366 e. The Kier molecular flexibility index (Phi) is 5.40. The average Bonchev–Trinajstić information content (AvgIpc) is 2.46. The molecule has 2 atom stereocenters. The van der Waals surface area contributed by atoms with Gasteiger partial charge in [-0.15, -0.1) is 0 Å². The summed E-state index contributed by atoms with van der Waals surface area (Å²) >= 11 is 5.91. The summed E-state index contributed by atoms with van der Waals surface area (Å²) < 4.78 is 5.48. The predicted molar refractivity (Wildman–Crippen MR) is 79.8 cm³/mol. The number of morpholine rings is 1. The van der Waals surface area contributed by atoms with Gasteiger partial charge >= 0.3 is 0 Å². The van der Waals surface area contributed by atoms with Gasteiger partial charge in [-0.05, 0) is 23.6 Å². The van der Waals surface area contributed by atoms with Gasteiger partial charge in [-0.1, -0.05) is 37.6 Å². The number of hydrogen-bond acceptors (Lipinski definition) is 3. The van der Waals surface area contributed by atoms with Gasteiger partial charge in [-0.3, -0.25) is 4.79 Å². The Morgan fingerprint density at radius 3 is 2.65 bits per heavy atom. The highest BCUT2D eigenvalue weighted by Gasteiger charge is 2.26. The Morgan fingerprint density at radius 2 is 2.10 bits per heavy atom. The molecule has 1 amide bonds. The number of carbonyl (C=O) groups is 1. The van der Waals surface area contributed by atoms with Crippen molar-refractivity contribution in [2.24, 2.45) is 5.92 Å². The lowest BCUT2D eigenvalue weighted by molar-refractivity contribution is -0.135. The van der Waals surface area contributed by atoms with Crippen molar-refractivity contribution in [1.82, 2.24) is 10.6 Å². The number of benzene rings is 1. The van der Waals surface area contributed by atoms with Crippen LogP contribution < -0.4 is 10.6 Å². The minimum absolute atomic E-state index is 0.0368. The fraction of sp³-hybridized carbons (Fsp3) is 0.533. The van der Waals surface area contributed by atoms with E-state index >= 15 is 0 Å². The second-order valence-corrected chi connectivity index (χ2v) is 5.78. The fourth-order valence-corrected chi connectivity index (χ4v) is 2.41. The maximum absolute atomic E-state index is 12.3. The Balaban J connectivity index is 2.05. The molecule has 0 saturated carbocycles. The van der Waals surface area contributed by atoms with E-state index in [1.807, 2.05) is 24.3 Å². The first-order valence-corrected chi connectivity index (χ1v) is 7.34. The first kappa shape index (κ1) is 15.3. The summed E-state index contributed by atoms with van der Waals surface area (Å²) in [6.07, 6.45) is -0.405. The fourth-order valence-electron chi connectivity index (χ4n) is 2.29. The summed E-state index contributed by atoms with van der Waals surface area (Å²) in [6.45, 7) is 6.11. The Bertz CT molecular complexity index is 442. The summed E-state index contributed by atoms with van der Waals surface area (Å²) in [5.74, 6) is 0.225. The standard InChI is InChI=1S/C15H21ClN2O2/c1-10(2)14(11-3-5-12(16)6-4-11)18-15(19)13-9-17-7-8-20-13/h3-6,10,13-14,17H,7-9H2,1-2H3,(H,18,19). The maximum atomic E-state index is 12.3. The topological polar surface area (TPSA) is 50.4 Å². The molecule has 1 fully saturated rings. The van der Waals surface area contributed by atoms with E-state index in [9.17, 15) is 4.79 Å². The van der Waals surface area contributed by atoms with Crippen molar-refractivity contribution >= 4 is 17.5 Å². The van der Waals surface area contributed by atoms with Crippen molar-refractivity contribution < 1.29 is 9.53 Å². The summed E-state index contributed by atoms with van der Waals surface area (Å²) in [7, 11) is 0. The predicted octanol–water partition coefficient (Wildman–Crippen LogP) is 2.14. The number of ether oxygens (including phenoxy) is 1. The van der Waals surface area contributed by atoms with Gasteiger partial charge in [-0.2, -0.15) is 0 Å². The number of rotatable bonds is 4. The molecule has 1 aliphatic rings. The number of halogens is 1. The summed E-state index contributed by atoms with van der Waals surface area (Å²) in [5, 5.41) is 6.93. The Labute approximate surface area is 124 Å². The highest BCUT2D eigenvalue weighted by molar-refractivity contribution is 6.30. The van der Waals surface area contributed by atoms with E-state index in [0.717, 1.165) is 12.1 Å². The lowest BCUT2D eigenvalue weighted by Crippen LogP contribution is -2.49. The monoisotopic (exact) mass is 296 g/mol. The zero-order valence-corrected chi connectivity index (χ0v) is 12.6. The van der Waals surface area contributed by atoms with Gasteiger partial charge in [0.15, 0.2) is 0 Å². The molecule has 4 nitrogen and oxygen atoms in total. The van der Waals surface area contributed by atoms with Crippen LogP contribution in [0.2, 0.25) is 5.02 Å². The van der Waals surface area contributed by atoms with Crippen LogP contribution in [-0.2, 0) is 9.53 Å². The van der Waals surface area contributed by atoms with Crippen molar-refractivity contribution in [1.29, 1.82) is 0 Å². The van der Waals surface area contributed by atoms with Gasteiger partial charge in [0, 0.05) is 18.1 Å². The summed E-state index contributed by atoms with van der Waals surface area (Å²) in [4.78, 5) is 12.3. The quantitative estimate of drug-likeness (QED) is 0.895. The molecule has 110 valence electrons. The van der Waals surface area contributed by atoms with Gasteiger partial charge in [0.2, 0.25) is 0 Å². The van der Waals surface area contributed by atoms with E-state index in [0.29, 0.717) is 18.2 Å². The Morgan fingerprint density at radius 1 is 1.40 bits per heavy atom. The maximum Gasteiger partial charge on any atom is 0.250 e. The molecular weight excluding hydrogens is 276 g/mol. The number of hydrogen-bond donors (Lipinski definition) is 2. The number of carbonyl (C=O) groups excluding carboxylic acids is 1. The number of amides is 1. The normalized spacial score (nSPS) is 20.7. The molecule has 1 saturated heterocycles. The van der Waals surface area contributed by atoms with Crippen molar-refractivity contribution in [3.63, 3.8) is 0 Å². The molecule has 0 aliphatic carbocycles. The molecule has 2 N–H and O–H groups in total. The van der Waals surface area contributed by atoms with Crippen LogP contribution in [0.15, 0.2) is 24.3 Å². The van der Waals surface area contributed by atoms with Crippen LogP contribution in [-0.4, -0.2) is 31.7 Å². The zero-order chi connectivity index (χ0) is 14.5. The first-order chi connectivity index (χ1) is 9.58. The molecule has 0 radical (unpaired) electrons. The molecule has 0 bridgehead atoms. The van der Waals surface area contributed by atoms with Crippen LogP contribution in [0.1, 0.15) is 25.5 Å². The Hall–Kier alpha value is -1.10. The third kappa shape index (κ3) is 3.95. The SMILES string of the molecule is CC(C)C(NC(=O)C1CNCCO1)c1ccc(Cl)cc1. The largest absolute Gasteiger partial charge is 0.366 e. The van der Waals surface area contributed by atoms with Crippen molar-refractivity contribution in [2.75, 3.05) is 19.7 Å². The molecule has 1 heterocycles. The third-order valence-electron chi connectivity index (χ3n) is 3.41. The van der Waals surface area contributed by atoms with E-state index in [2.05, 4.69) is 24.5 Å². The van der Waals surface area contributed by atoms with Crippen LogP contribution in [0.3, 0.4) is 0 Å². The molecule has 1 aromatic carbocycles. The molecule has 2 rings (SSSR count). The van der Waals surface area contributed by atoms with Crippen LogP contribution in [0, 0.1) is 5.92 Å². The van der Waals surface area contributed by atoms with Crippen LogP contribution in [0.4, 0.5) is 0 Å². The van der Waals surface area contributed by atoms with Crippen LogP contribution in [0.25, 0.3) is 0 Å². The van der Waals surface area contributed by atoms with Crippen molar-refractivity contribution in [3.8, 4) is 0 Å². The average molecular weight is 297 g/mol. The van der Waals surface area contributed by atoms with E-state index in [-0.39, 0.29) is 17.9 Å². The van der Waals surface area contributed by atoms with Gasteiger partial charge < -0.3 is 15.4 Å². The van der Waals surface area contributed by atoms with Crippen LogP contribution >= 0.6 is 11.6 Å². The summed E-state index contributed by atoms with van der Waals surface area (Å²) in [6, 6.07) is 7.56. The van der Waals surface area contributed by atoms with Crippen LogP contribution in [0.5, 0.6) is 0 Å². The molecule has 2 unspecified atom stereocenters. The van der Waals surface area contributed by atoms with Gasteiger partial charge in [0.25, 0.3) is 5.91 Å². The second-order valence-electron chi connectivity index (χ2n) is 5.35. The van der Waals surface area contributed by atoms with Gasteiger partial charge in [0.1, 0.15) is 6.10 Å². The number of nitrogens with one attached hydrogen (secondary N) is 2. The molecule has 0 spiro atoms. The third-order valence-corrected chi connectivity index (χ3v) is 3.67. The lowest BCUT2D eigenvalue weighted by atomic mass is 9.96. The molecule has 1 aliphatic heterocycles. The van der Waals surface area contributed by atoms with E-state index in [1.54, 1.807) is 0 Å². The van der Waals surface area contributed by atoms with Gasteiger partial charge in [0.05, 0.1) is 12.6 Å². The molecule has 1 aromatic rings. The van der Waals surface area contributed by atoms with Gasteiger partial charge in [-0.25, -0.2) is 0 Å². The molecule has 5 heteroatoms. The molecule has 0 aromatic heterocycles. The zero-order valence-electron chi connectivity index (χ0n) is 11.9. The summed E-state index contributed by atoms with van der Waals surface area (Å²) in [5.41, 5.74) is 1.06. The van der Waals surface area contributed by atoms with Crippen molar-refractivity contribution in [2.45, 2.75) is 26.0 Å². The van der Waals surface area contributed by atoms with E-state index in [4.69, 9.17) is 16.3 Å². The molecule has 20 heavy (non-hydrogen) atoms. The minimum atomic E-state index is -0.405. The lowest BCUT2D eigenvalue weighted by Gasteiger charge is -2.28. The molecular formula is C15H21ClN2O2. The van der Waals surface area contributed by atoms with Crippen molar-refractivity contribution in [3.05, 3.63) is 34.9 Å². The first-order valence-electron chi connectivity index (χ1n) is 6.96. The van der Waals surface area contributed by atoms with E-state index < -0.39 is 6.10 Å². The van der Waals surface area contributed by atoms with E-state index in [1.165, 1.54) is 0 Å².